The first-order chi connectivity index (χ1) is 14.5. The molecule has 1 aromatic carbocycles. The summed E-state index contributed by atoms with van der Waals surface area (Å²) in [6.45, 7) is 4.02. The van der Waals surface area contributed by atoms with Gasteiger partial charge in [-0.1, -0.05) is 36.4 Å². The second-order valence-corrected chi connectivity index (χ2v) is 8.06. The van der Waals surface area contributed by atoms with Crippen molar-refractivity contribution in [2.75, 3.05) is 0 Å². The number of amides is 2. The zero-order valence-electron chi connectivity index (χ0n) is 16.6. The number of nitrogens with zero attached hydrogens (tertiary/aromatic N) is 3. The molecule has 0 spiro atoms. The van der Waals surface area contributed by atoms with E-state index in [0.29, 0.717) is 22.3 Å². The molecule has 2 N–H and O–H groups in total. The number of carbonyl (C=O) groups excluding carboxylic acids is 2. The van der Waals surface area contributed by atoms with Crippen molar-refractivity contribution in [2.24, 2.45) is 0 Å². The van der Waals surface area contributed by atoms with Gasteiger partial charge in [-0.15, -0.1) is 11.3 Å². The summed E-state index contributed by atoms with van der Waals surface area (Å²) >= 11 is 1.55. The van der Waals surface area contributed by atoms with Crippen LogP contribution in [0.3, 0.4) is 0 Å². The van der Waals surface area contributed by atoms with E-state index in [2.05, 4.69) is 16.0 Å². The molecule has 3 aromatic heterocycles. The number of carbonyl (C=O) groups is 2. The smallest absolute Gasteiger partial charge is 0.270 e. The second kappa shape index (κ2) is 8.46. The van der Waals surface area contributed by atoms with E-state index >= 15 is 0 Å². The normalized spacial score (nSPS) is 11.0. The lowest BCUT2D eigenvalue weighted by Crippen LogP contribution is -2.42. The van der Waals surface area contributed by atoms with E-state index in [9.17, 15) is 9.59 Å². The van der Waals surface area contributed by atoms with Crippen molar-refractivity contribution >= 4 is 34.2 Å². The molecular weight excluding hydrogens is 398 g/mol. The molecule has 0 saturated carbocycles. The van der Waals surface area contributed by atoms with E-state index in [-0.39, 0.29) is 18.4 Å². The highest BCUT2D eigenvalue weighted by atomic mass is 32.1. The highest BCUT2D eigenvalue weighted by Gasteiger charge is 2.19. The Morgan fingerprint density at radius 1 is 1.10 bits per heavy atom. The second-order valence-electron chi connectivity index (χ2n) is 7.12. The van der Waals surface area contributed by atoms with Gasteiger partial charge in [-0.25, -0.2) is 9.67 Å². The molecule has 4 aromatic rings. The fourth-order valence-electron chi connectivity index (χ4n) is 3.15. The number of pyridine rings is 1. The number of hydrogen-bond donors (Lipinski definition) is 2. The number of aromatic nitrogens is 3. The van der Waals surface area contributed by atoms with E-state index < -0.39 is 5.91 Å². The third kappa shape index (κ3) is 4.08. The van der Waals surface area contributed by atoms with Crippen LogP contribution in [0, 0.1) is 0 Å². The van der Waals surface area contributed by atoms with Crippen LogP contribution in [0.5, 0.6) is 0 Å². The summed E-state index contributed by atoms with van der Waals surface area (Å²) < 4.78 is 1.79. The molecule has 152 valence electrons. The maximum absolute atomic E-state index is 12.9. The Kier molecular flexibility index (Phi) is 5.58. The van der Waals surface area contributed by atoms with E-state index in [1.54, 1.807) is 28.3 Å². The number of fused-ring (bicyclic) bond motifs is 1. The summed E-state index contributed by atoms with van der Waals surface area (Å²) in [5, 5.41) is 7.00. The molecule has 0 atom stereocenters. The Balaban J connectivity index is 1.60. The number of hydrazine groups is 1. The van der Waals surface area contributed by atoms with Crippen LogP contribution in [0.4, 0.5) is 0 Å². The molecule has 4 rings (SSSR count). The minimum atomic E-state index is -0.412. The first-order valence-corrected chi connectivity index (χ1v) is 10.5. The van der Waals surface area contributed by atoms with Crippen LogP contribution in [0.1, 0.15) is 35.8 Å². The summed E-state index contributed by atoms with van der Waals surface area (Å²) in [6, 6.07) is 15.1. The quantitative estimate of drug-likeness (QED) is 0.482. The Morgan fingerprint density at radius 3 is 2.60 bits per heavy atom. The van der Waals surface area contributed by atoms with Gasteiger partial charge in [0, 0.05) is 6.04 Å². The van der Waals surface area contributed by atoms with Gasteiger partial charge in [0.15, 0.2) is 5.65 Å². The lowest BCUT2D eigenvalue weighted by Gasteiger charge is -2.11. The van der Waals surface area contributed by atoms with Crippen LogP contribution in [0.2, 0.25) is 0 Å². The Hall–Kier alpha value is -3.52. The Labute approximate surface area is 177 Å². The summed E-state index contributed by atoms with van der Waals surface area (Å²) in [7, 11) is 0. The summed E-state index contributed by atoms with van der Waals surface area (Å²) in [5.41, 5.74) is 7.63. The lowest BCUT2D eigenvalue weighted by molar-refractivity contribution is -0.121. The maximum atomic E-state index is 12.9. The highest BCUT2D eigenvalue weighted by Crippen LogP contribution is 2.28. The molecular formula is C22H21N5O2S. The van der Waals surface area contributed by atoms with Crippen molar-refractivity contribution in [3.63, 3.8) is 0 Å². The standard InChI is InChI=1S/C22H21N5O2S/c1-14(2)27-21-17(13-23-27)16(12-18(24-21)19-9-6-10-30-19)22(29)26-25-20(28)11-15-7-4-3-5-8-15/h3-10,12-14H,11H2,1-2H3,(H,25,28)(H,26,29). The largest absolute Gasteiger partial charge is 0.273 e. The predicted octanol–water partition coefficient (Wildman–Crippen LogP) is 3.74. The molecule has 0 unspecified atom stereocenters. The van der Waals surface area contributed by atoms with E-state index in [1.807, 2.05) is 61.7 Å². The number of benzene rings is 1. The summed E-state index contributed by atoms with van der Waals surface area (Å²) in [5.74, 6) is -0.707. The van der Waals surface area contributed by atoms with Gasteiger partial charge in [-0.05, 0) is 36.9 Å². The molecule has 0 aliphatic carbocycles. The molecule has 0 aliphatic heterocycles. The first-order valence-electron chi connectivity index (χ1n) is 9.58. The predicted molar refractivity (Wildman–Crippen MR) is 117 cm³/mol. The molecule has 0 fully saturated rings. The average Bonchev–Trinajstić information content (AvgIpc) is 3.42. The maximum Gasteiger partial charge on any atom is 0.270 e. The topological polar surface area (TPSA) is 88.9 Å². The van der Waals surface area contributed by atoms with Gasteiger partial charge in [0.2, 0.25) is 5.91 Å². The zero-order valence-corrected chi connectivity index (χ0v) is 17.4. The van der Waals surface area contributed by atoms with Crippen molar-refractivity contribution < 1.29 is 9.59 Å². The van der Waals surface area contributed by atoms with E-state index in [0.717, 1.165) is 10.4 Å². The Bertz CT molecular complexity index is 1180. The van der Waals surface area contributed by atoms with Gasteiger partial charge in [0.05, 0.1) is 34.1 Å². The molecule has 0 radical (unpaired) electrons. The van der Waals surface area contributed by atoms with Gasteiger partial charge in [0.1, 0.15) is 0 Å². The SMILES string of the molecule is CC(C)n1ncc2c(C(=O)NNC(=O)Cc3ccccc3)cc(-c3cccs3)nc21. The third-order valence-corrected chi connectivity index (χ3v) is 5.49. The number of rotatable bonds is 5. The Morgan fingerprint density at radius 2 is 1.90 bits per heavy atom. The lowest BCUT2D eigenvalue weighted by atomic mass is 10.1. The molecule has 2 amide bonds. The van der Waals surface area contributed by atoms with Crippen molar-refractivity contribution in [2.45, 2.75) is 26.3 Å². The minimum absolute atomic E-state index is 0.0927. The fraction of sp³-hybridized carbons (Fsp3) is 0.182. The van der Waals surface area contributed by atoms with Gasteiger partial charge in [-0.2, -0.15) is 5.10 Å². The summed E-state index contributed by atoms with van der Waals surface area (Å²) in [6.07, 6.45) is 1.82. The van der Waals surface area contributed by atoms with Crippen molar-refractivity contribution in [3.8, 4) is 10.6 Å². The van der Waals surface area contributed by atoms with Gasteiger partial charge in [0.25, 0.3) is 5.91 Å². The van der Waals surface area contributed by atoms with Crippen LogP contribution in [0.25, 0.3) is 21.6 Å². The van der Waals surface area contributed by atoms with Gasteiger partial charge in [-0.3, -0.25) is 20.4 Å². The van der Waals surface area contributed by atoms with E-state index in [4.69, 9.17) is 4.98 Å². The van der Waals surface area contributed by atoms with Crippen molar-refractivity contribution in [1.82, 2.24) is 25.6 Å². The average molecular weight is 420 g/mol. The minimum Gasteiger partial charge on any atom is -0.273 e. The molecule has 0 bridgehead atoms. The molecule has 0 saturated heterocycles. The van der Waals surface area contributed by atoms with Crippen molar-refractivity contribution in [1.29, 1.82) is 0 Å². The van der Waals surface area contributed by atoms with Crippen LogP contribution in [-0.4, -0.2) is 26.6 Å². The number of hydrogen-bond acceptors (Lipinski definition) is 5. The van der Waals surface area contributed by atoms with Crippen LogP contribution in [-0.2, 0) is 11.2 Å². The fourth-order valence-corrected chi connectivity index (χ4v) is 3.84. The zero-order chi connectivity index (χ0) is 21.1. The first kappa shape index (κ1) is 19.8. The van der Waals surface area contributed by atoms with Gasteiger partial charge >= 0.3 is 0 Å². The highest BCUT2D eigenvalue weighted by molar-refractivity contribution is 7.13. The monoisotopic (exact) mass is 419 g/mol. The van der Waals surface area contributed by atoms with Crippen LogP contribution >= 0.6 is 11.3 Å². The van der Waals surface area contributed by atoms with Gasteiger partial charge < -0.3 is 0 Å². The van der Waals surface area contributed by atoms with E-state index in [1.165, 1.54) is 0 Å². The van der Waals surface area contributed by atoms with Crippen molar-refractivity contribution in [3.05, 3.63) is 71.2 Å². The molecule has 7 nitrogen and oxygen atoms in total. The summed E-state index contributed by atoms with van der Waals surface area (Å²) in [4.78, 5) is 30.8. The number of thiophene rings is 1. The number of nitrogens with one attached hydrogen (secondary N) is 2. The van der Waals surface area contributed by atoms with Crippen LogP contribution in [0.15, 0.2) is 60.1 Å². The van der Waals surface area contributed by atoms with Crippen LogP contribution < -0.4 is 10.9 Å². The molecule has 3 heterocycles. The molecule has 30 heavy (non-hydrogen) atoms. The molecule has 0 aliphatic rings. The third-order valence-electron chi connectivity index (χ3n) is 4.60. The molecule has 8 heteroatoms.